The summed E-state index contributed by atoms with van der Waals surface area (Å²) in [5.41, 5.74) is 1.36. The van der Waals surface area contributed by atoms with Crippen LogP contribution in [0, 0.1) is 10.7 Å². The summed E-state index contributed by atoms with van der Waals surface area (Å²) in [5.74, 6) is 0.938. The normalized spacial score (nSPS) is 25.6. The summed E-state index contributed by atoms with van der Waals surface area (Å²) < 4.78 is 0. The Labute approximate surface area is 94.9 Å². The van der Waals surface area contributed by atoms with Crippen LogP contribution in [0.2, 0.25) is 0 Å². The van der Waals surface area contributed by atoms with Crippen LogP contribution in [0.3, 0.4) is 0 Å². The maximum atomic E-state index is 8.48. The molecule has 1 unspecified atom stereocenters. The fourth-order valence-corrected chi connectivity index (χ4v) is 2.44. The maximum Gasteiger partial charge on any atom is 0.133 e. The maximum absolute atomic E-state index is 8.48. The molecule has 0 N–H and O–H groups in total. The number of rotatable bonds is 4. The fourth-order valence-electron chi connectivity index (χ4n) is 1.88. The molecule has 2 nitrogen and oxygen atoms in total. The molecule has 0 aromatic heterocycles. The number of hydrogen-bond acceptors (Lipinski definition) is 3. The summed E-state index contributed by atoms with van der Waals surface area (Å²) >= 11 is 1.36. The van der Waals surface area contributed by atoms with Crippen molar-refractivity contribution in [3.05, 3.63) is 35.9 Å². The molecule has 1 aliphatic rings. The van der Waals surface area contributed by atoms with Crippen molar-refractivity contribution in [1.29, 1.82) is 5.26 Å². The van der Waals surface area contributed by atoms with Gasteiger partial charge in [-0.15, -0.1) is 0 Å². The first-order valence-corrected chi connectivity index (χ1v) is 6.13. The number of thiocyanates is 1. The van der Waals surface area contributed by atoms with Gasteiger partial charge >= 0.3 is 0 Å². The van der Waals surface area contributed by atoms with E-state index in [0.717, 1.165) is 12.3 Å². The van der Waals surface area contributed by atoms with E-state index in [1.54, 1.807) is 0 Å². The second-order valence-electron chi connectivity index (χ2n) is 3.84. The summed E-state index contributed by atoms with van der Waals surface area (Å²) in [7, 11) is 0. The summed E-state index contributed by atoms with van der Waals surface area (Å²) in [6.07, 6.45) is 0. The number of nitrogens with zero attached hydrogens (tertiary/aromatic N) is 2. The van der Waals surface area contributed by atoms with Gasteiger partial charge in [-0.3, -0.25) is 4.90 Å². The number of hydrogen-bond donors (Lipinski definition) is 0. The third-order valence-corrected chi connectivity index (χ3v) is 3.56. The van der Waals surface area contributed by atoms with E-state index >= 15 is 0 Å². The third-order valence-electron chi connectivity index (χ3n) is 2.88. The highest BCUT2D eigenvalue weighted by Crippen LogP contribution is 2.33. The molecule has 2 rings (SSSR count). The molecule has 0 amide bonds. The summed E-state index contributed by atoms with van der Waals surface area (Å²) in [6, 6.07) is 11.6. The minimum atomic E-state index is 0.482. The van der Waals surface area contributed by atoms with Crippen LogP contribution in [0.1, 0.15) is 18.5 Å². The minimum Gasteiger partial charge on any atom is -0.290 e. The van der Waals surface area contributed by atoms with Crippen molar-refractivity contribution >= 4 is 11.8 Å². The predicted molar refractivity (Wildman–Crippen MR) is 63.4 cm³/mol. The average molecular weight is 218 g/mol. The predicted octanol–water partition coefficient (Wildman–Crippen LogP) is 2.65. The van der Waals surface area contributed by atoms with Crippen molar-refractivity contribution in [2.24, 2.45) is 0 Å². The van der Waals surface area contributed by atoms with Crippen molar-refractivity contribution < 1.29 is 0 Å². The zero-order valence-corrected chi connectivity index (χ0v) is 9.57. The summed E-state index contributed by atoms with van der Waals surface area (Å²) in [6.45, 7) is 3.36. The molecule has 0 aliphatic carbocycles. The lowest BCUT2D eigenvalue weighted by Gasteiger charge is -2.13. The van der Waals surface area contributed by atoms with Crippen LogP contribution in [0.25, 0.3) is 0 Å². The molecule has 1 aliphatic heterocycles. The van der Waals surface area contributed by atoms with Gasteiger partial charge < -0.3 is 0 Å². The fraction of sp³-hybridized carbons (Fsp3) is 0.417. The molecule has 1 saturated heterocycles. The smallest absolute Gasteiger partial charge is 0.133 e. The molecule has 15 heavy (non-hydrogen) atoms. The first-order chi connectivity index (χ1) is 7.33. The Kier molecular flexibility index (Phi) is 3.30. The van der Waals surface area contributed by atoms with Crippen LogP contribution in [0.5, 0.6) is 0 Å². The molecule has 0 bridgehead atoms. The Bertz CT molecular complexity index is 358. The molecule has 78 valence electrons. The van der Waals surface area contributed by atoms with Gasteiger partial charge in [0.15, 0.2) is 0 Å². The molecule has 3 heteroatoms. The largest absolute Gasteiger partial charge is 0.290 e. The van der Waals surface area contributed by atoms with Gasteiger partial charge in [0.05, 0.1) is 0 Å². The highest BCUT2D eigenvalue weighted by molar-refractivity contribution is 8.03. The van der Waals surface area contributed by atoms with Gasteiger partial charge in [0.2, 0.25) is 0 Å². The Morgan fingerprint density at radius 2 is 2.27 bits per heavy atom. The van der Waals surface area contributed by atoms with Crippen LogP contribution < -0.4 is 0 Å². The molecule has 1 heterocycles. The highest BCUT2D eigenvalue weighted by atomic mass is 32.2. The molecule has 1 fully saturated rings. The average Bonchev–Trinajstić information content (AvgIpc) is 3.06. The number of benzene rings is 1. The second-order valence-corrected chi connectivity index (χ2v) is 4.64. The van der Waals surface area contributed by atoms with Gasteiger partial charge in [-0.25, -0.2) is 0 Å². The topological polar surface area (TPSA) is 26.8 Å². The molecule has 0 saturated carbocycles. The van der Waals surface area contributed by atoms with Gasteiger partial charge in [-0.05, 0) is 24.2 Å². The SMILES string of the molecule is C[C@H](c1ccccc1)N1C[C@@H]1CSC#N. The lowest BCUT2D eigenvalue weighted by Crippen LogP contribution is -2.09. The Morgan fingerprint density at radius 3 is 2.93 bits per heavy atom. The number of thioether (sulfide) groups is 1. The zero-order valence-electron chi connectivity index (χ0n) is 8.76. The third kappa shape index (κ3) is 2.53. The minimum absolute atomic E-state index is 0.482. The molecule has 0 spiro atoms. The Balaban J connectivity index is 1.89. The van der Waals surface area contributed by atoms with Crippen molar-refractivity contribution in [3.63, 3.8) is 0 Å². The van der Waals surface area contributed by atoms with Crippen molar-refractivity contribution in [1.82, 2.24) is 4.90 Å². The van der Waals surface area contributed by atoms with Crippen LogP contribution in [-0.4, -0.2) is 23.2 Å². The summed E-state index contributed by atoms with van der Waals surface area (Å²) in [5, 5.41) is 10.6. The van der Waals surface area contributed by atoms with Crippen LogP contribution in [0.15, 0.2) is 30.3 Å². The van der Waals surface area contributed by atoms with Crippen molar-refractivity contribution in [3.8, 4) is 5.40 Å². The van der Waals surface area contributed by atoms with Crippen LogP contribution >= 0.6 is 11.8 Å². The van der Waals surface area contributed by atoms with E-state index < -0.39 is 0 Å². The second kappa shape index (κ2) is 4.69. The van der Waals surface area contributed by atoms with Crippen molar-refractivity contribution in [2.45, 2.75) is 19.0 Å². The van der Waals surface area contributed by atoms with E-state index in [1.165, 1.54) is 17.3 Å². The molecule has 1 aromatic carbocycles. The molecular formula is C12H14N2S. The van der Waals surface area contributed by atoms with Crippen LogP contribution in [-0.2, 0) is 0 Å². The van der Waals surface area contributed by atoms with E-state index in [-0.39, 0.29) is 0 Å². The van der Waals surface area contributed by atoms with Gasteiger partial charge in [0, 0.05) is 24.4 Å². The van der Waals surface area contributed by atoms with E-state index in [0.29, 0.717) is 12.1 Å². The van der Waals surface area contributed by atoms with E-state index in [2.05, 4.69) is 41.5 Å². The lowest BCUT2D eigenvalue weighted by molar-refractivity contribution is 0.416. The Hall–Kier alpha value is -0.980. The monoisotopic (exact) mass is 218 g/mol. The molecule has 1 aromatic rings. The quantitative estimate of drug-likeness (QED) is 0.574. The van der Waals surface area contributed by atoms with Gasteiger partial charge in [-0.2, -0.15) is 5.26 Å². The van der Waals surface area contributed by atoms with Gasteiger partial charge in [-0.1, -0.05) is 30.3 Å². The van der Waals surface area contributed by atoms with E-state index in [1.807, 2.05) is 6.07 Å². The van der Waals surface area contributed by atoms with E-state index in [4.69, 9.17) is 5.26 Å². The number of nitriles is 1. The lowest BCUT2D eigenvalue weighted by atomic mass is 10.1. The Morgan fingerprint density at radius 1 is 1.53 bits per heavy atom. The standard InChI is InChI=1S/C12H14N2S/c1-10(11-5-3-2-4-6-11)14-7-12(14)8-15-9-13/h2-6,10,12H,7-8H2,1H3/t10-,12-,14?/m1/s1. The first kappa shape index (κ1) is 10.5. The molecular weight excluding hydrogens is 204 g/mol. The van der Waals surface area contributed by atoms with E-state index in [9.17, 15) is 0 Å². The van der Waals surface area contributed by atoms with Gasteiger partial charge in [0.1, 0.15) is 5.40 Å². The van der Waals surface area contributed by atoms with Gasteiger partial charge in [0.25, 0.3) is 0 Å². The first-order valence-electron chi connectivity index (χ1n) is 5.14. The zero-order chi connectivity index (χ0) is 10.7. The summed E-state index contributed by atoms with van der Waals surface area (Å²) in [4.78, 5) is 2.43. The van der Waals surface area contributed by atoms with Crippen LogP contribution in [0.4, 0.5) is 0 Å². The molecule has 3 atom stereocenters. The van der Waals surface area contributed by atoms with Crippen molar-refractivity contribution in [2.75, 3.05) is 12.3 Å². The molecule has 0 radical (unpaired) electrons. The highest BCUT2D eigenvalue weighted by Gasteiger charge is 2.37.